The molecule has 1 aliphatic rings. The van der Waals surface area contributed by atoms with Crippen LogP contribution in [0.1, 0.15) is 21.6 Å². The smallest absolute Gasteiger partial charge is 0.271 e. The van der Waals surface area contributed by atoms with Crippen molar-refractivity contribution in [3.8, 4) is 10.6 Å². The van der Waals surface area contributed by atoms with Crippen LogP contribution in [0, 0.1) is 6.92 Å². The molecule has 1 saturated heterocycles. The second-order valence-electron chi connectivity index (χ2n) is 6.71. The number of aryl methyl sites for hydroxylation is 1. The van der Waals surface area contributed by atoms with Crippen molar-refractivity contribution >= 4 is 23.1 Å². The lowest BCUT2D eigenvalue weighted by Gasteiger charge is -2.27. The molecule has 144 valence electrons. The molecule has 3 heterocycles. The Hall–Kier alpha value is -2.77. The minimum Gasteiger partial charge on any atom is -0.378 e. The molecule has 0 radical (unpaired) electrons. The Morgan fingerprint density at radius 1 is 1.18 bits per heavy atom. The predicted molar refractivity (Wildman–Crippen MR) is 111 cm³/mol. The number of nitrogens with one attached hydrogen (secondary N) is 1. The molecule has 0 aliphatic carbocycles. The Kier molecular flexibility index (Phi) is 5.64. The zero-order chi connectivity index (χ0) is 19.3. The lowest BCUT2D eigenvalue weighted by molar-refractivity contribution is 0.0946. The molecule has 0 bridgehead atoms. The van der Waals surface area contributed by atoms with E-state index in [1.807, 2.05) is 49.5 Å². The number of carbonyl (C=O) groups is 1. The highest BCUT2D eigenvalue weighted by molar-refractivity contribution is 7.13. The molecule has 1 fully saturated rings. The Balaban J connectivity index is 1.34. The van der Waals surface area contributed by atoms with Crippen molar-refractivity contribution in [3.63, 3.8) is 0 Å². The molecule has 4 rings (SSSR count). The van der Waals surface area contributed by atoms with Gasteiger partial charge in [0.05, 0.1) is 13.2 Å². The van der Waals surface area contributed by atoms with Gasteiger partial charge >= 0.3 is 0 Å². The minimum absolute atomic E-state index is 0.174. The lowest BCUT2D eigenvalue weighted by Crippen LogP contribution is -2.36. The summed E-state index contributed by atoms with van der Waals surface area (Å²) >= 11 is 1.48. The summed E-state index contributed by atoms with van der Waals surface area (Å²) in [5.74, 6) is 0.771. The summed E-state index contributed by atoms with van der Waals surface area (Å²) in [5, 5.41) is 5.56. The number of hydrogen-bond acceptors (Lipinski definition) is 6. The van der Waals surface area contributed by atoms with Crippen LogP contribution in [0.2, 0.25) is 0 Å². The zero-order valence-corrected chi connectivity index (χ0v) is 16.5. The third-order valence-corrected chi connectivity index (χ3v) is 5.52. The predicted octanol–water partition coefficient (Wildman–Crippen LogP) is 3.28. The van der Waals surface area contributed by atoms with E-state index in [9.17, 15) is 4.79 Å². The number of pyridine rings is 1. The summed E-state index contributed by atoms with van der Waals surface area (Å²) in [6.07, 6.45) is 1.81. The molecule has 1 aliphatic heterocycles. The van der Waals surface area contributed by atoms with Gasteiger partial charge in [0.15, 0.2) is 0 Å². The van der Waals surface area contributed by atoms with Crippen LogP contribution in [-0.4, -0.2) is 42.2 Å². The number of ether oxygens (including phenoxy) is 1. The van der Waals surface area contributed by atoms with Crippen LogP contribution < -0.4 is 10.2 Å². The Morgan fingerprint density at radius 3 is 2.68 bits per heavy atom. The van der Waals surface area contributed by atoms with E-state index in [2.05, 4.69) is 20.2 Å². The number of amides is 1. The molecule has 0 spiro atoms. The largest absolute Gasteiger partial charge is 0.378 e. The van der Waals surface area contributed by atoms with Crippen LogP contribution in [-0.2, 0) is 11.3 Å². The number of thiazole rings is 1. The molecule has 28 heavy (non-hydrogen) atoms. The number of aromatic nitrogens is 2. The highest BCUT2D eigenvalue weighted by Gasteiger charge is 2.13. The quantitative estimate of drug-likeness (QED) is 0.719. The molecule has 1 N–H and O–H groups in total. The number of benzene rings is 1. The maximum Gasteiger partial charge on any atom is 0.271 e. The first-order valence-electron chi connectivity index (χ1n) is 9.27. The van der Waals surface area contributed by atoms with Crippen molar-refractivity contribution < 1.29 is 9.53 Å². The monoisotopic (exact) mass is 394 g/mol. The van der Waals surface area contributed by atoms with Crippen LogP contribution in [0.5, 0.6) is 0 Å². The first-order chi connectivity index (χ1) is 13.7. The Morgan fingerprint density at radius 2 is 1.96 bits per heavy atom. The van der Waals surface area contributed by atoms with Gasteiger partial charge in [0, 0.05) is 36.8 Å². The third-order valence-electron chi connectivity index (χ3n) is 4.63. The fourth-order valence-corrected chi connectivity index (χ4v) is 3.79. The maximum absolute atomic E-state index is 12.4. The number of morpholine rings is 1. The normalized spacial score (nSPS) is 14.1. The second-order valence-corrected chi connectivity index (χ2v) is 7.57. The van der Waals surface area contributed by atoms with Crippen LogP contribution >= 0.6 is 11.3 Å². The third kappa shape index (κ3) is 4.37. The van der Waals surface area contributed by atoms with Gasteiger partial charge in [0.1, 0.15) is 16.5 Å². The van der Waals surface area contributed by atoms with E-state index < -0.39 is 0 Å². The molecule has 2 aromatic heterocycles. The van der Waals surface area contributed by atoms with Crippen LogP contribution in [0.15, 0.2) is 48.0 Å². The van der Waals surface area contributed by atoms with E-state index in [1.54, 1.807) is 5.38 Å². The van der Waals surface area contributed by atoms with Gasteiger partial charge < -0.3 is 15.0 Å². The van der Waals surface area contributed by atoms with Gasteiger partial charge in [0.25, 0.3) is 5.91 Å². The van der Waals surface area contributed by atoms with E-state index in [-0.39, 0.29) is 5.91 Å². The molecule has 1 amide bonds. The summed E-state index contributed by atoms with van der Waals surface area (Å²) in [4.78, 5) is 23.6. The molecule has 7 heteroatoms. The summed E-state index contributed by atoms with van der Waals surface area (Å²) in [5.41, 5.74) is 3.63. The summed E-state index contributed by atoms with van der Waals surface area (Å²) < 4.78 is 5.36. The van der Waals surface area contributed by atoms with E-state index in [0.717, 1.165) is 48.3 Å². The van der Waals surface area contributed by atoms with E-state index in [0.29, 0.717) is 12.2 Å². The van der Waals surface area contributed by atoms with Gasteiger partial charge in [-0.1, -0.05) is 35.9 Å². The molecule has 3 aromatic rings. The number of rotatable bonds is 5. The van der Waals surface area contributed by atoms with Crippen molar-refractivity contribution in [2.45, 2.75) is 13.5 Å². The fourth-order valence-electron chi connectivity index (χ4n) is 2.98. The highest BCUT2D eigenvalue weighted by atomic mass is 32.1. The lowest BCUT2D eigenvalue weighted by atomic mass is 10.2. The highest BCUT2D eigenvalue weighted by Crippen LogP contribution is 2.24. The number of hydrogen-bond donors (Lipinski definition) is 1. The Labute approximate surface area is 168 Å². The number of anilines is 1. The second kappa shape index (κ2) is 8.50. The molecule has 0 unspecified atom stereocenters. The molecule has 1 aromatic carbocycles. The van der Waals surface area contributed by atoms with Gasteiger partial charge in [-0.3, -0.25) is 4.79 Å². The molecule has 0 saturated carbocycles. The van der Waals surface area contributed by atoms with E-state index in [1.165, 1.54) is 16.9 Å². The fraction of sp³-hybridized carbons (Fsp3) is 0.286. The number of nitrogens with zero attached hydrogens (tertiary/aromatic N) is 3. The summed E-state index contributed by atoms with van der Waals surface area (Å²) in [7, 11) is 0. The topological polar surface area (TPSA) is 67.4 Å². The van der Waals surface area contributed by atoms with Crippen LogP contribution in [0.4, 0.5) is 5.82 Å². The molecule has 0 atom stereocenters. The molecular formula is C21H22N4O2S. The van der Waals surface area contributed by atoms with E-state index in [4.69, 9.17) is 4.74 Å². The van der Waals surface area contributed by atoms with Gasteiger partial charge in [-0.25, -0.2) is 9.97 Å². The van der Waals surface area contributed by atoms with Gasteiger partial charge in [-0.15, -0.1) is 11.3 Å². The van der Waals surface area contributed by atoms with Crippen molar-refractivity contribution in [3.05, 3.63) is 64.8 Å². The van der Waals surface area contributed by atoms with Crippen molar-refractivity contribution in [1.29, 1.82) is 0 Å². The minimum atomic E-state index is -0.174. The van der Waals surface area contributed by atoms with Crippen molar-refractivity contribution in [1.82, 2.24) is 15.3 Å². The van der Waals surface area contributed by atoms with Crippen LogP contribution in [0.3, 0.4) is 0 Å². The van der Waals surface area contributed by atoms with E-state index >= 15 is 0 Å². The zero-order valence-electron chi connectivity index (χ0n) is 15.7. The molecular weight excluding hydrogens is 372 g/mol. The SMILES string of the molecule is Cc1ccc(-c2nc(C(=O)NCc3ccc(N4CCOCC4)nc3)cs2)cc1. The summed E-state index contributed by atoms with van der Waals surface area (Å²) in [6, 6.07) is 12.1. The van der Waals surface area contributed by atoms with Gasteiger partial charge in [-0.05, 0) is 18.6 Å². The maximum atomic E-state index is 12.4. The van der Waals surface area contributed by atoms with Gasteiger partial charge in [-0.2, -0.15) is 0 Å². The first kappa shape index (κ1) is 18.6. The molecule has 6 nitrogen and oxygen atoms in total. The Bertz CT molecular complexity index is 932. The summed E-state index contributed by atoms with van der Waals surface area (Å²) in [6.45, 7) is 5.65. The van der Waals surface area contributed by atoms with Gasteiger partial charge in [0.2, 0.25) is 0 Å². The average molecular weight is 395 g/mol. The van der Waals surface area contributed by atoms with Crippen molar-refractivity contribution in [2.24, 2.45) is 0 Å². The van der Waals surface area contributed by atoms with Crippen LogP contribution in [0.25, 0.3) is 10.6 Å². The number of carbonyl (C=O) groups excluding carboxylic acids is 1. The average Bonchev–Trinajstić information content (AvgIpc) is 3.24. The first-order valence-corrected chi connectivity index (χ1v) is 10.2. The van der Waals surface area contributed by atoms with Crippen molar-refractivity contribution in [2.75, 3.05) is 31.2 Å². The standard InChI is InChI=1S/C21H22N4O2S/c1-15-2-5-17(6-3-15)21-24-18(14-28-21)20(26)23-13-16-4-7-19(22-12-16)25-8-10-27-11-9-25/h2-7,12,14H,8-11,13H2,1H3,(H,23,26).